The SMILES string of the molecule is CC(C)CSCc1ccc(C(=O)O)cn1. The van der Waals surface area contributed by atoms with E-state index in [9.17, 15) is 4.79 Å². The third-order valence-electron chi connectivity index (χ3n) is 1.77. The third kappa shape index (κ3) is 4.34. The topological polar surface area (TPSA) is 50.2 Å². The van der Waals surface area contributed by atoms with Crippen LogP contribution in [0.5, 0.6) is 0 Å². The van der Waals surface area contributed by atoms with Gasteiger partial charge in [-0.3, -0.25) is 4.98 Å². The highest BCUT2D eigenvalue weighted by Crippen LogP contribution is 2.13. The van der Waals surface area contributed by atoms with Crippen molar-refractivity contribution in [2.75, 3.05) is 5.75 Å². The molecule has 1 aromatic rings. The first kappa shape index (κ1) is 12.0. The van der Waals surface area contributed by atoms with Gasteiger partial charge in [0.2, 0.25) is 0 Å². The Bertz CT molecular complexity index is 322. The number of pyridine rings is 1. The summed E-state index contributed by atoms with van der Waals surface area (Å²) in [5.41, 5.74) is 1.18. The Morgan fingerprint density at radius 2 is 2.27 bits per heavy atom. The summed E-state index contributed by atoms with van der Waals surface area (Å²) >= 11 is 1.82. The lowest BCUT2D eigenvalue weighted by Gasteiger charge is -2.04. The van der Waals surface area contributed by atoms with E-state index < -0.39 is 5.97 Å². The summed E-state index contributed by atoms with van der Waals surface area (Å²) in [6, 6.07) is 3.37. The number of hydrogen-bond donors (Lipinski definition) is 1. The molecule has 0 aliphatic heterocycles. The molecule has 0 radical (unpaired) electrons. The predicted molar refractivity (Wildman–Crippen MR) is 62.2 cm³/mol. The number of aromatic nitrogens is 1. The highest BCUT2D eigenvalue weighted by atomic mass is 32.2. The van der Waals surface area contributed by atoms with Crippen LogP contribution in [0.3, 0.4) is 0 Å². The summed E-state index contributed by atoms with van der Waals surface area (Å²) in [6.07, 6.45) is 1.41. The molecule has 4 heteroatoms. The van der Waals surface area contributed by atoms with E-state index in [4.69, 9.17) is 5.11 Å². The van der Waals surface area contributed by atoms with Gasteiger partial charge >= 0.3 is 5.97 Å². The molecular weight excluding hydrogens is 210 g/mol. The maximum absolute atomic E-state index is 10.6. The van der Waals surface area contributed by atoms with Crippen LogP contribution in [-0.4, -0.2) is 21.8 Å². The molecule has 0 aliphatic carbocycles. The lowest BCUT2D eigenvalue weighted by atomic mass is 10.2. The average molecular weight is 225 g/mol. The Hall–Kier alpha value is -1.03. The van der Waals surface area contributed by atoms with Gasteiger partial charge in [0.25, 0.3) is 0 Å². The average Bonchev–Trinajstić information content (AvgIpc) is 2.18. The van der Waals surface area contributed by atoms with Crippen molar-refractivity contribution in [2.24, 2.45) is 5.92 Å². The van der Waals surface area contributed by atoms with Crippen molar-refractivity contribution in [2.45, 2.75) is 19.6 Å². The Morgan fingerprint density at radius 3 is 2.73 bits per heavy atom. The number of nitrogens with zero attached hydrogens (tertiary/aromatic N) is 1. The zero-order valence-corrected chi connectivity index (χ0v) is 9.75. The largest absolute Gasteiger partial charge is 0.478 e. The Balaban J connectivity index is 2.46. The minimum atomic E-state index is -0.927. The standard InChI is InChI=1S/C11H15NO2S/c1-8(2)6-15-7-10-4-3-9(5-12-10)11(13)14/h3-5,8H,6-7H2,1-2H3,(H,13,14). The molecule has 1 heterocycles. The van der Waals surface area contributed by atoms with Crippen LogP contribution in [0.2, 0.25) is 0 Å². The number of rotatable bonds is 5. The van der Waals surface area contributed by atoms with E-state index in [-0.39, 0.29) is 5.56 Å². The van der Waals surface area contributed by atoms with E-state index in [1.54, 1.807) is 12.1 Å². The minimum Gasteiger partial charge on any atom is -0.478 e. The maximum atomic E-state index is 10.6. The molecule has 0 atom stereocenters. The van der Waals surface area contributed by atoms with Crippen LogP contribution in [-0.2, 0) is 5.75 Å². The Labute approximate surface area is 93.9 Å². The molecule has 15 heavy (non-hydrogen) atoms. The van der Waals surface area contributed by atoms with Crippen LogP contribution in [0.15, 0.2) is 18.3 Å². The quantitative estimate of drug-likeness (QED) is 0.837. The highest BCUT2D eigenvalue weighted by molar-refractivity contribution is 7.98. The van der Waals surface area contributed by atoms with Gasteiger partial charge in [0.05, 0.1) is 11.3 Å². The fourth-order valence-electron chi connectivity index (χ4n) is 1.04. The van der Waals surface area contributed by atoms with Crippen molar-refractivity contribution in [3.8, 4) is 0 Å². The van der Waals surface area contributed by atoms with Crippen molar-refractivity contribution in [1.29, 1.82) is 0 Å². The molecule has 0 amide bonds. The predicted octanol–water partition coefficient (Wildman–Crippen LogP) is 2.67. The summed E-state index contributed by atoms with van der Waals surface area (Å²) in [4.78, 5) is 14.7. The Morgan fingerprint density at radius 1 is 1.53 bits per heavy atom. The second-order valence-corrected chi connectivity index (χ2v) is 4.78. The van der Waals surface area contributed by atoms with Gasteiger partial charge < -0.3 is 5.11 Å². The number of hydrogen-bond acceptors (Lipinski definition) is 3. The van der Waals surface area contributed by atoms with Gasteiger partial charge in [-0.1, -0.05) is 13.8 Å². The zero-order chi connectivity index (χ0) is 11.3. The molecule has 1 aromatic heterocycles. The van der Waals surface area contributed by atoms with E-state index >= 15 is 0 Å². The van der Waals surface area contributed by atoms with E-state index in [1.807, 2.05) is 11.8 Å². The van der Waals surface area contributed by atoms with Crippen molar-refractivity contribution in [1.82, 2.24) is 4.98 Å². The molecule has 0 saturated carbocycles. The lowest BCUT2D eigenvalue weighted by molar-refractivity contribution is 0.0696. The molecule has 0 aromatic carbocycles. The van der Waals surface area contributed by atoms with Crippen LogP contribution >= 0.6 is 11.8 Å². The Kier molecular flexibility index (Phi) is 4.62. The van der Waals surface area contributed by atoms with Crippen LogP contribution < -0.4 is 0 Å². The number of thioether (sulfide) groups is 1. The molecule has 0 spiro atoms. The summed E-state index contributed by atoms with van der Waals surface area (Å²) < 4.78 is 0. The van der Waals surface area contributed by atoms with Crippen molar-refractivity contribution < 1.29 is 9.90 Å². The number of aromatic carboxylic acids is 1. The van der Waals surface area contributed by atoms with Crippen LogP contribution in [0.25, 0.3) is 0 Å². The fourth-order valence-corrected chi connectivity index (χ4v) is 2.00. The molecule has 1 rings (SSSR count). The van der Waals surface area contributed by atoms with Crippen molar-refractivity contribution >= 4 is 17.7 Å². The highest BCUT2D eigenvalue weighted by Gasteiger charge is 2.03. The fraction of sp³-hybridized carbons (Fsp3) is 0.455. The van der Waals surface area contributed by atoms with Gasteiger partial charge in [-0.2, -0.15) is 11.8 Å². The molecule has 1 N–H and O–H groups in total. The first-order valence-corrected chi connectivity index (χ1v) is 6.01. The lowest BCUT2D eigenvalue weighted by Crippen LogP contribution is -1.98. The summed E-state index contributed by atoms with van der Waals surface area (Å²) in [5.74, 6) is 1.69. The number of carbonyl (C=O) groups is 1. The minimum absolute atomic E-state index is 0.243. The number of carboxylic acid groups (broad SMARTS) is 1. The maximum Gasteiger partial charge on any atom is 0.337 e. The molecular formula is C11H15NO2S. The van der Waals surface area contributed by atoms with Gasteiger partial charge in [0.1, 0.15) is 0 Å². The van der Waals surface area contributed by atoms with Crippen molar-refractivity contribution in [3.05, 3.63) is 29.6 Å². The monoisotopic (exact) mass is 225 g/mol. The van der Waals surface area contributed by atoms with Crippen LogP contribution in [0, 0.1) is 5.92 Å². The van der Waals surface area contributed by atoms with Crippen LogP contribution in [0.1, 0.15) is 29.9 Å². The summed E-state index contributed by atoms with van der Waals surface area (Å²) in [7, 11) is 0. The van der Waals surface area contributed by atoms with Gasteiger partial charge in [-0.25, -0.2) is 4.79 Å². The normalized spacial score (nSPS) is 10.6. The second-order valence-electron chi connectivity index (χ2n) is 3.75. The first-order valence-electron chi connectivity index (χ1n) is 4.85. The molecule has 3 nitrogen and oxygen atoms in total. The van der Waals surface area contributed by atoms with Crippen LogP contribution in [0.4, 0.5) is 0 Å². The first-order chi connectivity index (χ1) is 7.09. The molecule has 0 aliphatic rings. The smallest absolute Gasteiger partial charge is 0.337 e. The molecule has 0 unspecified atom stereocenters. The zero-order valence-electron chi connectivity index (χ0n) is 8.93. The van der Waals surface area contributed by atoms with Gasteiger partial charge in [-0.05, 0) is 23.8 Å². The second kappa shape index (κ2) is 5.75. The van der Waals surface area contributed by atoms with E-state index in [0.29, 0.717) is 5.92 Å². The van der Waals surface area contributed by atoms with Gasteiger partial charge in [0.15, 0.2) is 0 Å². The molecule has 82 valence electrons. The van der Waals surface area contributed by atoms with Crippen molar-refractivity contribution in [3.63, 3.8) is 0 Å². The molecule has 0 saturated heterocycles. The van der Waals surface area contributed by atoms with Gasteiger partial charge in [0, 0.05) is 11.9 Å². The van der Waals surface area contributed by atoms with E-state index in [0.717, 1.165) is 17.2 Å². The van der Waals surface area contributed by atoms with E-state index in [1.165, 1.54) is 6.20 Å². The van der Waals surface area contributed by atoms with Gasteiger partial charge in [-0.15, -0.1) is 0 Å². The summed E-state index contributed by atoms with van der Waals surface area (Å²) in [6.45, 7) is 4.35. The molecule has 0 fully saturated rings. The summed E-state index contributed by atoms with van der Waals surface area (Å²) in [5, 5.41) is 8.68. The number of carboxylic acids is 1. The third-order valence-corrected chi connectivity index (χ3v) is 3.18. The molecule has 0 bridgehead atoms. The van der Waals surface area contributed by atoms with E-state index in [2.05, 4.69) is 18.8 Å².